The minimum absolute atomic E-state index is 0.249. The number of aromatic nitrogens is 3. The van der Waals surface area contributed by atoms with Gasteiger partial charge in [0.25, 0.3) is 0 Å². The molecule has 9 heteroatoms. The van der Waals surface area contributed by atoms with Gasteiger partial charge in [0, 0.05) is 43.9 Å². The minimum atomic E-state index is -0.575. The third-order valence-corrected chi connectivity index (χ3v) is 8.22. The summed E-state index contributed by atoms with van der Waals surface area (Å²) in [6.45, 7) is 8.18. The highest BCUT2D eigenvalue weighted by molar-refractivity contribution is 7.18. The van der Waals surface area contributed by atoms with Gasteiger partial charge in [-0.3, -0.25) is 9.80 Å². The van der Waals surface area contributed by atoms with E-state index in [9.17, 15) is 5.11 Å². The maximum Gasteiger partial charge on any atom is 0.247 e. The van der Waals surface area contributed by atoms with Gasteiger partial charge in [-0.15, -0.1) is 21.5 Å². The van der Waals surface area contributed by atoms with Gasteiger partial charge in [-0.05, 0) is 49.2 Å². The predicted molar refractivity (Wildman–Crippen MR) is 157 cm³/mol. The van der Waals surface area contributed by atoms with Gasteiger partial charge in [-0.25, -0.2) is 4.98 Å². The molecule has 1 aliphatic rings. The first-order chi connectivity index (χ1) is 19.5. The molecule has 0 bridgehead atoms. The maximum absolute atomic E-state index is 10.7. The fourth-order valence-corrected chi connectivity index (χ4v) is 5.98. The van der Waals surface area contributed by atoms with Crippen molar-refractivity contribution in [1.82, 2.24) is 25.0 Å². The highest BCUT2D eigenvalue weighted by atomic mass is 32.1. The van der Waals surface area contributed by atoms with Crippen molar-refractivity contribution in [3.8, 4) is 28.3 Å². The van der Waals surface area contributed by atoms with E-state index >= 15 is 0 Å². The van der Waals surface area contributed by atoms with Crippen LogP contribution in [0.1, 0.15) is 17.8 Å². The van der Waals surface area contributed by atoms with Crippen molar-refractivity contribution in [2.45, 2.75) is 32.5 Å². The summed E-state index contributed by atoms with van der Waals surface area (Å²) in [6, 6.07) is 24.7. The number of benzene rings is 3. The standard InChI is InChI=1S/C31H33N5O3S/c1-21-17-35(14-15-36(21)18-26(37)20-38-27-12-13-29-28(16-27)32-22(2)40-29)19-30-33-34-31(39-30)25-10-8-24(9-11-25)23-6-4-3-5-7-23/h3-13,16,21,26,37H,14-15,17-20H2,1-2H3/t21-,26+/m0/s1. The molecule has 8 nitrogen and oxygen atoms in total. The van der Waals surface area contributed by atoms with Gasteiger partial charge in [-0.2, -0.15) is 0 Å². The molecule has 6 rings (SSSR count). The van der Waals surface area contributed by atoms with Crippen molar-refractivity contribution in [3.05, 3.63) is 83.7 Å². The number of thiazole rings is 1. The second-order valence-electron chi connectivity index (χ2n) is 10.4. The van der Waals surface area contributed by atoms with Crippen LogP contribution in [0.25, 0.3) is 32.8 Å². The zero-order chi connectivity index (χ0) is 27.5. The highest BCUT2D eigenvalue weighted by Gasteiger charge is 2.26. The molecule has 0 saturated carbocycles. The average molecular weight is 556 g/mol. The van der Waals surface area contributed by atoms with E-state index in [1.54, 1.807) is 11.3 Å². The number of rotatable bonds is 9. The molecule has 2 aromatic heterocycles. The van der Waals surface area contributed by atoms with Crippen molar-refractivity contribution in [2.24, 2.45) is 0 Å². The van der Waals surface area contributed by atoms with E-state index < -0.39 is 6.10 Å². The van der Waals surface area contributed by atoms with Crippen LogP contribution in [0, 0.1) is 6.92 Å². The van der Waals surface area contributed by atoms with Crippen LogP contribution >= 0.6 is 11.3 Å². The van der Waals surface area contributed by atoms with Gasteiger partial charge in [-0.1, -0.05) is 42.5 Å². The fourth-order valence-electron chi connectivity index (χ4n) is 5.17. The molecular formula is C31H33N5O3S. The number of aliphatic hydroxyl groups excluding tert-OH is 1. The third kappa shape index (κ3) is 6.23. The van der Waals surface area contributed by atoms with Crippen LogP contribution in [0.15, 0.2) is 77.2 Å². The molecule has 2 atom stereocenters. The Balaban J connectivity index is 0.977. The molecule has 206 valence electrons. The van der Waals surface area contributed by atoms with E-state index in [1.165, 1.54) is 5.56 Å². The smallest absolute Gasteiger partial charge is 0.247 e. The van der Waals surface area contributed by atoms with E-state index in [2.05, 4.69) is 56.2 Å². The van der Waals surface area contributed by atoms with Crippen molar-refractivity contribution >= 4 is 21.6 Å². The first kappa shape index (κ1) is 26.6. The zero-order valence-electron chi connectivity index (χ0n) is 22.7. The largest absolute Gasteiger partial charge is 0.491 e. The molecule has 1 N–H and O–H groups in total. The molecule has 0 amide bonds. The Hall–Kier alpha value is -3.63. The topological polar surface area (TPSA) is 87.8 Å². The molecule has 3 aromatic carbocycles. The number of piperazine rings is 1. The zero-order valence-corrected chi connectivity index (χ0v) is 23.6. The summed E-state index contributed by atoms with van der Waals surface area (Å²) in [4.78, 5) is 9.15. The number of aryl methyl sites for hydroxylation is 1. The van der Waals surface area contributed by atoms with E-state index in [1.807, 2.05) is 55.5 Å². The van der Waals surface area contributed by atoms with Crippen LogP contribution in [0.5, 0.6) is 5.75 Å². The molecule has 1 aliphatic heterocycles. The number of hydrogen-bond donors (Lipinski definition) is 1. The van der Waals surface area contributed by atoms with Gasteiger partial charge >= 0.3 is 0 Å². The molecule has 0 unspecified atom stereocenters. The summed E-state index contributed by atoms with van der Waals surface area (Å²) in [7, 11) is 0. The first-order valence-corrected chi connectivity index (χ1v) is 14.4. The van der Waals surface area contributed by atoms with Crippen LogP contribution in [0.2, 0.25) is 0 Å². The minimum Gasteiger partial charge on any atom is -0.491 e. The van der Waals surface area contributed by atoms with Crippen molar-refractivity contribution in [3.63, 3.8) is 0 Å². The van der Waals surface area contributed by atoms with Gasteiger partial charge < -0.3 is 14.3 Å². The summed E-state index contributed by atoms with van der Waals surface area (Å²) in [5, 5.41) is 20.3. The Morgan fingerprint density at radius 3 is 2.58 bits per heavy atom. The van der Waals surface area contributed by atoms with Crippen LogP contribution in [-0.2, 0) is 6.54 Å². The summed E-state index contributed by atoms with van der Waals surface area (Å²) < 4.78 is 13.0. The predicted octanol–water partition coefficient (Wildman–Crippen LogP) is 5.27. The quantitative estimate of drug-likeness (QED) is 0.263. The molecule has 0 radical (unpaired) electrons. The van der Waals surface area contributed by atoms with E-state index in [4.69, 9.17) is 9.15 Å². The molecule has 0 aliphatic carbocycles. The normalized spacial score (nSPS) is 17.3. The summed E-state index contributed by atoms with van der Waals surface area (Å²) in [5.74, 6) is 1.89. The van der Waals surface area contributed by atoms with Gasteiger partial charge in [0.15, 0.2) is 0 Å². The van der Waals surface area contributed by atoms with Crippen LogP contribution in [-0.4, -0.2) is 75.0 Å². The van der Waals surface area contributed by atoms with E-state index in [0.717, 1.165) is 51.7 Å². The molecule has 1 fully saturated rings. The number of β-amino-alcohol motifs (C(OH)–C–C–N with tert-alkyl or cyclic N) is 1. The lowest BCUT2D eigenvalue weighted by Crippen LogP contribution is -2.53. The van der Waals surface area contributed by atoms with Crippen molar-refractivity contribution in [2.75, 3.05) is 32.8 Å². The monoisotopic (exact) mass is 555 g/mol. The second-order valence-corrected chi connectivity index (χ2v) is 11.6. The summed E-state index contributed by atoms with van der Waals surface area (Å²) in [6.07, 6.45) is -0.575. The lowest BCUT2D eigenvalue weighted by molar-refractivity contribution is 0.0178. The van der Waals surface area contributed by atoms with E-state index in [-0.39, 0.29) is 12.6 Å². The Kier molecular flexibility index (Phi) is 7.88. The van der Waals surface area contributed by atoms with Gasteiger partial charge in [0.05, 0.1) is 21.8 Å². The Labute approximate surface area is 237 Å². The SMILES string of the molecule is Cc1nc2cc(OC[C@H](O)CN3CCN(Cc4nnc(-c5ccc(-c6ccccc6)cc5)o4)C[C@@H]3C)ccc2s1. The molecule has 3 heterocycles. The molecule has 40 heavy (non-hydrogen) atoms. The van der Waals surface area contributed by atoms with Gasteiger partial charge in [0.1, 0.15) is 18.5 Å². The van der Waals surface area contributed by atoms with Crippen LogP contribution in [0.4, 0.5) is 0 Å². The highest BCUT2D eigenvalue weighted by Crippen LogP contribution is 2.26. The third-order valence-electron chi connectivity index (χ3n) is 7.27. The van der Waals surface area contributed by atoms with Crippen LogP contribution in [0.3, 0.4) is 0 Å². The lowest BCUT2D eigenvalue weighted by atomic mass is 10.0. The first-order valence-electron chi connectivity index (χ1n) is 13.6. The number of fused-ring (bicyclic) bond motifs is 1. The second kappa shape index (κ2) is 11.9. The summed E-state index contributed by atoms with van der Waals surface area (Å²) >= 11 is 1.67. The number of aliphatic hydroxyl groups is 1. The maximum atomic E-state index is 10.7. The lowest BCUT2D eigenvalue weighted by Gasteiger charge is -2.40. The fraction of sp³-hybridized carbons (Fsp3) is 0.323. The van der Waals surface area contributed by atoms with E-state index in [0.29, 0.717) is 24.9 Å². The average Bonchev–Trinajstić information content (AvgIpc) is 3.59. The van der Waals surface area contributed by atoms with Crippen molar-refractivity contribution < 1.29 is 14.3 Å². The number of ether oxygens (including phenoxy) is 1. The summed E-state index contributed by atoms with van der Waals surface area (Å²) in [5.41, 5.74) is 4.18. The number of hydrogen-bond acceptors (Lipinski definition) is 9. The molecule has 1 saturated heterocycles. The molecule has 0 spiro atoms. The Morgan fingerprint density at radius 2 is 1.77 bits per heavy atom. The molecular weight excluding hydrogens is 522 g/mol. The Morgan fingerprint density at radius 1 is 1.00 bits per heavy atom. The Bertz CT molecular complexity index is 1550. The number of nitrogens with zero attached hydrogens (tertiary/aromatic N) is 5. The van der Waals surface area contributed by atoms with Crippen molar-refractivity contribution in [1.29, 1.82) is 0 Å². The van der Waals surface area contributed by atoms with Crippen LogP contribution < -0.4 is 4.74 Å². The van der Waals surface area contributed by atoms with Gasteiger partial charge in [0.2, 0.25) is 11.8 Å². The molecule has 5 aromatic rings.